The number of hydrogen-bond donors (Lipinski definition) is 2. The van der Waals surface area contributed by atoms with Crippen LogP contribution in [0.5, 0.6) is 0 Å². The predicted octanol–water partition coefficient (Wildman–Crippen LogP) is 0.0179. The predicted molar refractivity (Wildman–Crippen MR) is 58.6 cm³/mol. The van der Waals surface area contributed by atoms with Crippen molar-refractivity contribution in [2.45, 2.75) is 31.8 Å². The third-order valence-corrected chi connectivity index (χ3v) is 2.87. The highest BCUT2D eigenvalue weighted by atomic mass is 15.3. The molecule has 2 heterocycles. The molecule has 80 valence electrons. The fourth-order valence-electron chi connectivity index (χ4n) is 2.12. The first kappa shape index (κ1) is 9.77. The molecule has 2 atom stereocenters. The Hall–Kier alpha value is -0.770. The summed E-state index contributed by atoms with van der Waals surface area (Å²) >= 11 is 0. The van der Waals surface area contributed by atoms with E-state index in [1.54, 1.807) is 0 Å². The van der Waals surface area contributed by atoms with Crippen LogP contribution in [-0.2, 0) is 0 Å². The number of likely N-dealkylation sites (tertiary alicyclic amines) is 1. The lowest BCUT2D eigenvalue weighted by molar-refractivity contribution is 0.240. The third-order valence-electron chi connectivity index (χ3n) is 2.87. The van der Waals surface area contributed by atoms with Gasteiger partial charge in [0.15, 0.2) is 5.96 Å². The molecule has 0 bridgehead atoms. The van der Waals surface area contributed by atoms with E-state index in [9.17, 15) is 0 Å². The van der Waals surface area contributed by atoms with Crippen molar-refractivity contribution in [1.82, 2.24) is 15.5 Å². The molecule has 0 radical (unpaired) electrons. The summed E-state index contributed by atoms with van der Waals surface area (Å²) in [6, 6.07) is 1.07. The Morgan fingerprint density at radius 3 is 3.07 bits per heavy atom. The van der Waals surface area contributed by atoms with Gasteiger partial charge in [-0.05, 0) is 33.4 Å². The van der Waals surface area contributed by atoms with E-state index in [-0.39, 0.29) is 0 Å². The van der Waals surface area contributed by atoms with Crippen molar-refractivity contribution in [3.8, 4) is 0 Å². The molecule has 2 aliphatic rings. The van der Waals surface area contributed by atoms with Crippen LogP contribution in [0.1, 0.15) is 19.8 Å². The number of nitrogens with zero attached hydrogens (tertiary/aromatic N) is 2. The summed E-state index contributed by atoms with van der Waals surface area (Å²) in [5, 5.41) is 6.81. The van der Waals surface area contributed by atoms with Crippen molar-refractivity contribution in [3.63, 3.8) is 0 Å². The SMILES string of the molecule is CC1CN=C(NC2CCCN(C)C2)N1. The number of nitrogens with one attached hydrogen (secondary N) is 2. The first-order chi connectivity index (χ1) is 6.74. The molecule has 1 saturated heterocycles. The second kappa shape index (κ2) is 4.17. The fraction of sp³-hybridized carbons (Fsp3) is 0.900. The van der Waals surface area contributed by atoms with E-state index in [1.165, 1.54) is 19.4 Å². The third kappa shape index (κ3) is 2.38. The molecule has 4 nitrogen and oxygen atoms in total. The minimum absolute atomic E-state index is 0.499. The van der Waals surface area contributed by atoms with E-state index in [4.69, 9.17) is 0 Å². The zero-order valence-electron chi connectivity index (χ0n) is 9.08. The average molecular weight is 196 g/mol. The van der Waals surface area contributed by atoms with E-state index in [2.05, 4.69) is 34.5 Å². The number of guanidine groups is 1. The minimum atomic E-state index is 0.499. The summed E-state index contributed by atoms with van der Waals surface area (Å²) in [6.45, 7) is 5.43. The summed E-state index contributed by atoms with van der Waals surface area (Å²) in [5.74, 6) is 0.998. The summed E-state index contributed by atoms with van der Waals surface area (Å²) in [5.41, 5.74) is 0. The van der Waals surface area contributed by atoms with Crippen LogP contribution >= 0.6 is 0 Å². The van der Waals surface area contributed by atoms with Gasteiger partial charge in [0.05, 0.1) is 6.54 Å². The molecular weight excluding hydrogens is 176 g/mol. The van der Waals surface area contributed by atoms with Gasteiger partial charge in [0.1, 0.15) is 0 Å². The van der Waals surface area contributed by atoms with E-state index in [0.717, 1.165) is 19.0 Å². The van der Waals surface area contributed by atoms with Crippen LogP contribution in [0.3, 0.4) is 0 Å². The molecule has 2 unspecified atom stereocenters. The van der Waals surface area contributed by atoms with Gasteiger partial charge < -0.3 is 15.5 Å². The molecule has 4 heteroatoms. The maximum absolute atomic E-state index is 4.41. The standard InChI is InChI=1S/C10H20N4/c1-8-6-11-10(12-8)13-9-4-3-5-14(2)7-9/h8-9H,3-7H2,1-2H3,(H2,11,12,13). The van der Waals surface area contributed by atoms with E-state index in [1.807, 2.05) is 0 Å². The molecule has 2 N–H and O–H groups in total. The maximum atomic E-state index is 4.41. The molecule has 0 aliphatic carbocycles. The lowest BCUT2D eigenvalue weighted by atomic mass is 10.1. The summed E-state index contributed by atoms with van der Waals surface area (Å²) < 4.78 is 0. The number of piperidine rings is 1. The Balaban J connectivity index is 1.79. The molecule has 14 heavy (non-hydrogen) atoms. The van der Waals surface area contributed by atoms with Gasteiger partial charge in [-0.25, -0.2) is 0 Å². The fourth-order valence-corrected chi connectivity index (χ4v) is 2.12. The summed E-state index contributed by atoms with van der Waals surface area (Å²) in [4.78, 5) is 6.79. The highest BCUT2D eigenvalue weighted by Crippen LogP contribution is 2.08. The van der Waals surface area contributed by atoms with Crippen LogP contribution in [0.25, 0.3) is 0 Å². The Labute approximate surface area is 85.8 Å². The molecule has 0 amide bonds. The van der Waals surface area contributed by atoms with E-state index in [0.29, 0.717) is 12.1 Å². The van der Waals surface area contributed by atoms with Gasteiger partial charge in [-0.15, -0.1) is 0 Å². The smallest absolute Gasteiger partial charge is 0.191 e. The van der Waals surface area contributed by atoms with Gasteiger partial charge in [0.2, 0.25) is 0 Å². The Kier molecular flexibility index (Phi) is 2.91. The molecule has 2 aliphatic heterocycles. The second-order valence-corrected chi connectivity index (χ2v) is 4.48. The van der Waals surface area contributed by atoms with Gasteiger partial charge in [-0.3, -0.25) is 4.99 Å². The zero-order chi connectivity index (χ0) is 9.97. The van der Waals surface area contributed by atoms with Gasteiger partial charge >= 0.3 is 0 Å². The highest BCUT2D eigenvalue weighted by Gasteiger charge is 2.20. The highest BCUT2D eigenvalue weighted by molar-refractivity contribution is 5.82. The number of likely N-dealkylation sites (N-methyl/N-ethyl adjacent to an activating group) is 1. The van der Waals surface area contributed by atoms with Crippen molar-refractivity contribution in [3.05, 3.63) is 0 Å². The number of hydrogen-bond acceptors (Lipinski definition) is 4. The molecule has 2 rings (SSSR count). The first-order valence-electron chi connectivity index (χ1n) is 5.50. The van der Waals surface area contributed by atoms with Gasteiger partial charge in [0.25, 0.3) is 0 Å². The van der Waals surface area contributed by atoms with Crippen LogP contribution in [0.4, 0.5) is 0 Å². The maximum Gasteiger partial charge on any atom is 0.191 e. The largest absolute Gasteiger partial charge is 0.352 e. The lowest BCUT2D eigenvalue weighted by Crippen LogP contribution is -2.49. The van der Waals surface area contributed by atoms with Crippen LogP contribution in [0.15, 0.2) is 4.99 Å². The molecule has 0 aromatic rings. The van der Waals surface area contributed by atoms with Gasteiger partial charge in [0, 0.05) is 18.6 Å². The van der Waals surface area contributed by atoms with Crippen molar-refractivity contribution < 1.29 is 0 Å². The first-order valence-corrected chi connectivity index (χ1v) is 5.50. The van der Waals surface area contributed by atoms with Gasteiger partial charge in [-0.1, -0.05) is 0 Å². The molecule has 0 aromatic carbocycles. The number of aliphatic imine (C=N–C) groups is 1. The quantitative estimate of drug-likeness (QED) is 0.621. The molecular formula is C10H20N4. The summed E-state index contributed by atoms with van der Waals surface area (Å²) in [7, 11) is 2.18. The van der Waals surface area contributed by atoms with E-state index >= 15 is 0 Å². The number of rotatable bonds is 1. The Morgan fingerprint density at radius 1 is 1.57 bits per heavy atom. The van der Waals surface area contributed by atoms with E-state index < -0.39 is 0 Å². The molecule has 1 fully saturated rings. The molecule has 0 aromatic heterocycles. The second-order valence-electron chi connectivity index (χ2n) is 4.48. The topological polar surface area (TPSA) is 39.7 Å². The van der Waals surface area contributed by atoms with Crippen molar-refractivity contribution >= 4 is 5.96 Å². The Bertz CT molecular complexity index is 226. The van der Waals surface area contributed by atoms with Crippen LogP contribution in [0.2, 0.25) is 0 Å². The van der Waals surface area contributed by atoms with Crippen molar-refractivity contribution in [1.29, 1.82) is 0 Å². The average Bonchev–Trinajstić information content (AvgIpc) is 2.51. The normalized spacial score (nSPS) is 33.7. The summed E-state index contributed by atoms with van der Waals surface area (Å²) in [6.07, 6.45) is 2.55. The van der Waals surface area contributed by atoms with Crippen molar-refractivity contribution in [2.24, 2.45) is 4.99 Å². The van der Waals surface area contributed by atoms with Crippen LogP contribution < -0.4 is 10.6 Å². The Morgan fingerprint density at radius 2 is 2.43 bits per heavy atom. The van der Waals surface area contributed by atoms with Crippen LogP contribution in [0, 0.1) is 0 Å². The lowest BCUT2D eigenvalue weighted by Gasteiger charge is -2.30. The zero-order valence-corrected chi connectivity index (χ0v) is 9.08. The molecule has 0 spiro atoms. The van der Waals surface area contributed by atoms with Gasteiger partial charge in [-0.2, -0.15) is 0 Å². The minimum Gasteiger partial charge on any atom is -0.352 e. The van der Waals surface area contributed by atoms with Crippen molar-refractivity contribution in [2.75, 3.05) is 26.7 Å². The van der Waals surface area contributed by atoms with Crippen LogP contribution in [-0.4, -0.2) is 49.6 Å². The molecule has 0 saturated carbocycles. The monoisotopic (exact) mass is 196 g/mol.